The average molecular weight is 241 g/mol. The van der Waals surface area contributed by atoms with Gasteiger partial charge in [-0.15, -0.1) is 0 Å². The summed E-state index contributed by atoms with van der Waals surface area (Å²) in [4.78, 5) is 0. The second kappa shape index (κ2) is 4.38. The van der Waals surface area contributed by atoms with E-state index in [-0.39, 0.29) is 0 Å². The van der Waals surface area contributed by atoms with Crippen molar-refractivity contribution in [1.82, 2.24) is 0 Å². The summed E-state index contributed by atoms with van der Waals surface area (Å²) < 4.78 is 0. The zero-order chi connectivity index (χ0) is 11.7. The molecule has 17 heavy (non-hydrogen) atoms. The second-order valence-corrected chi connectivity index (χ2v) is 4.86. The van der Waals surface area contributed by atoms with Crippen molar-refractivity contribution in [2.45, 2.75) is 12.8 Å². The summed E-state index contributed by atoms with van der Waals surface area (Å²) in [6.45, 7) is 0. The first-order chi connectivity index (χ1) is 8.33. The predicted molar refractivity (Wildman–Crippen MR) is 73.3 cm³/mol. The Labute approximate surface area is 107 Å². The molecule has 0 saturated heterocycles. The topological polar surface area (TPSA) is 0 Å². The van der Waals surface area contributed by atoms with Gasteiger partial charge in [-0.2, -0.15) is 0 Å². The molecule has 84 valence electrons. The third kappa shape index (κ3) is 2.13. The molecule has 0 aliphatic heterocycles. The molecule has 0 bridgehead atoms. The van der Waals surface area contributed by atoms with E-state index in [0.29, 0.717) is 0 Å². The van der Waals surface area contributed by atoms with E-state index in [4.69, 9.17) is 11.6 Å². The van der Waals surface area contributed by atoms with Gasteiger partial charge in [-0.3, -0.25) is 0 Å². The molecular weight excluding hydrogens is 228 g/mol. The summed E-state index contributed by atoms with van der Waals surface area (Å²) in [6, 6.07) is 16.7. The van der Waals surface area contributed by atoms with Crippen LogP contribution >= 0.6 is 11.6 Å². The summed E-state index contributed by atoms with van der Waals surface area (Å²) in [5.41, 5.74) is 5.37. The van der Waals surface area contributed by atoms with Crippen molar-refractivity contribution in [3.8, 4) is 0 Å². The standard InChI is InChI=1S/C16H13Cl/c17-16-8-4-7-14-10-13(11-15(14)16)9-12-5-2-1-3-6-12/h1-8,10H,9,11H2. The van der Waals surface area contributed by atoms with Gasteiger partial charge < -0.3 is 0 Å². The molecule has 0 fully saturated rings. The minimum Gasteiger partial charge on any atom is -0.0840 e. The van der Waals surface area contributed by atoms with Crippen LogP contribution in [0.3, 0.4) is 0 Å². The molecule has 0 amide bonds. The summed E-state index contributed by atoms with van der Waals surface area (Å²) in [5, 5.41) is 0.891. The smallest absolute Gasteiger partial charge is 0.0447 e. The van der Waals surface area contributed by atoms with E-state index in [2.05, 4.69) is 42.5 Å². The van der Waals surface area contributed by atoms with Gasteiger partial charge in [0.05, 0.1) is 0 Å². The number of halogens is 1. The summed E-state index contributed by atoms with van der Waals surface area (Å²) >= 11 is 6.20. The maximum atomic E-state index is 6.20. The van der Waals surface area contributed by atoms with Crippen molar-refractivity contribution in [2.75, 3.05) is 0 Å². The van der Waals surface area contributed by atoms with Gasteiger partial charge in [0.25, 0.3) is 0 Å². The molecular formula is C16H13Cl. The van der Waals surface area contributed by atoms with Crippen molar-refractivity contribution in [3.63, 3.8) is 0 Å². The van der Waals surface area contributed by atoms with E-state index in [0.717, 1.165) is 17.9 Å². The Kier molecular flexibility index (Phi) is 2.74. The van der Waals surface area contributed by atoms with Crippen LogP contribution < -0.4 is 0 Å². The van der Waals surface area contributed by atoms with E-state index < -0.39 is 0 Å². The number of benzene rings is 2. The second-order valence-electron chi connectivity index (χ2n) is 4.45. The third-order valence-corrected chi connectivity index (χ3v) is 3.55. The van der Waals surface area contributed by atoms with Crippen LogP contribution in [0.5, 0.6) is 0 Å². The van der Waals surface area contributed by atoms with Crippen LogP contribution in [0.15, 0.2) is 54.1 Å². The van der Waals surface area contributed by atoms with Crippen LogP contribution in [0, 0.1) is 0 Å². The van der Waals surface area contributed by atoms with Gasteiger partial charge in [0.2, 0.25) is 0 Å². The molecule has 0 saturated carbocycles. The van der Waals surface area contributed by atoms with Crippen molar-refractivity contribution < 1.29 is 0 Å². The lowest BCUT2D eigenvalue weighted by molar-refractivity contribution is 1.07. The minimum atomic E-state index is 0.891. The fraction of sp³-hybridized carbons (Fsp3) is 0.125. The van der Waals surface area contributed by atoms with E-state index in [9.17, 15) is 0 Å². The fourth-order valence-electron chi connectivity index (χ4n) is 2.37. The number of fused-ring (bicyclic) bond motifs is 1. The maximum absolute atomic E-state index is 6.20. The Morgan fingerprint density at radius 1 is 0.941 bits per heavy atom. The lowest BCUT2D eigenvalue weighted by Gasteiger charge is -2.03. The first-order valence-corrected chi connectivity index (χ1v) is 6.21. The van der Waals surface area contributed by atoms with Gasteiger partial charge in [-0.1, -0.05) is 65.7 Å². The molecule has 2 aromatic carbocycles. The van der Waals surface area contributed by atoms with Crippen LogP contribution in [-0.2, 0) is 12.8 Å². The van der Waals surface area contributed by atoms with E-state index in [1.54, 1.807) is 0 Å². The fourth-order valence-corrected chi connectivity index (χ4v) is 2.62. The Morgan fingerprint density at radius 3 is 2.53 bits per heavy atom. The number of hydrogen-bond donors (Lipinski definition) is 0. The van der Waals surface area contributed by atoms with Crippen LogP contribution in [-0.4, -0.2) is 0 Å². The first kappa shape index (κ1) is 10.6. The van der Waals surface area contributed by atoms with Gasteiger partial charge in [-0.05, 0) is 35.6 Å². The van der Waals surface area contributed by atoms with Crippen LogP contribution in [0.1, 0.15) is 16.7 Å². The number of rotatable bonds is 2. The largest absolute Gasteiger partial charge is 0.0840 e. The van der Waals surface area contributed by atoms with Gasteiger partial charge >= 0.3 is 0 Å². The quantitative estimate of drug-likeness (QED) is 0.724. The maximum Gasteiger partial charge on any atom is 0.0447 e. The van der Waals surface area contributed by atoms with E-state index in [1.165, 1.54) is 22.3 Å². The molecule has 0 atom stereocenters. The lowest BCUT2D eigenvalue weighted by atomic mass is 10.0. The highest BCUT2D eigenvalue weighted by molar-refractivity contribution is 6.31. The highest BCUT2D eigenvalue weighted by Gasteiger charge is 2.15. The molecule has 0 unspecified atom stereocenters. The van der Waals surface area contributed by atoms with Crippen LogP contribution in [0.2, 0.25) is 5.02 Å². The summed E-state index contributed by atoms with van der Waals surface area (Å²) in [6.07, 6.45) is 4.28. The molecule has 0 N–H and O–H groups in total. The third-order valence-electron chi connectivity index (χ3n) is 3.19. The molecule has 2 aromatic rings. The van der Waals surface area contributed by atoms with Crippen LogP contribution in [0.25, 0.3) is 6.08 Å². The molecule has 1 aliphatic rings. The zero-order valence-electron chi connectivity index (χ0n) is 9.49. The van der Waals surface area contributed by atoms with Crippen molar-refractivity contribution in [1.29, 1.82) is 0 Å². The summed E-state index contributed by atoms with van der Waals surface area (Å²) in [5.74, 6) is 0. The van der Waals surface area contributed by atoms with Gasteiger partial charge in [0, 0.05) is 5.02 Å². The molecule has 0 heterocycles. The van der Waals surface area contributed by atoms with Gasteiger partial charge in [-0.25, -0.2) is 0 Å². The normalized spacial score (nSPS) is 13.4. The van der Waals surface area contributed by atoms with Crippen molar-refractivity contribution in [3.05, 3.63) is 75.8 Å². The lowest BCUT2D eigenvalue weighted by Crippen LogP contribution is -1.91. The Bertz CT molecular complexity index is 567. The highest BCUT2D eigenvalue weighted by atomic mass is 35.5. The van der Waals surface area contributed by atoms with E-state index in [1.807, 2.05) is 12.1 Å². The predicted octanol–water partition coefficient (Wildman–Crippen LogP) is 4.52. The summed E-state index contributed by atoms with van der Waals surface area (Å²) in [7, 11) is 0. The Balaban J connectivity index is 1.84. The molecule has 0 spiro atoms. The molecule has 0 nitrogen and oxygen atoms in total. The number of hydrogen-bond acceptors (Lipinski definition) is 0. The number of allylic oxidation sites excluding steroid dienone is 1. The Morgan fingerprint density at radius 2 is 1.76 bits per heavy atom. The van der Waals surface area contributed by atoms with E-state index >= 15 is 0 Å². The van der Waals surface area contributed by atoms with Crippen molar-refractivity contribution >= 4 is 17.7 Å². The SMILES string of the molecule is Clc1cccc2c1CC(Cc1ccccc1)=C2. The molecule has 0 radical (unpaired) electrons. The highest BCUT2D eigenvalue weighted by Crippen LogP contribution is 2.32. The first-order valence-electron chi connectivity index (χ1n) is 5.84. The average Bonchev–Trinajstić information content (AvgIpc) is 2.74. The zero-order valence-corrected chi connectivity index (χ0v) is 10.2. The van der Waals surface area contributed by atoms with Crippen LogP contribution in [0.4, 0.5) is 0 Å². The van der Waals surface area contributed by atoms with Crippen molar-refractivity contribution in [2.24, 2.45) is 0 Å². The van der Waals surface area contributed by atoms with Gasteiger partial charge in [0.1, 0.15) is 0 Å². The molecule has 3 rings (SSSR count). The Hall–Kier alpha value is -1.53. The monoisotopic (exact) mass is 240 g/mol. The minimum absolute atomic E-state index is 0.891. The van der Waals surface area contributed by atoms with Gasteiger partial charge in [0.15, 0.2) is 0 Å². The molecule has 1 aliphatic carbocycles. The molecule has 0 aromatic heterocycles. The molecule has 1 heteroatoms.